The van der Waals surface area contributed by atoms with Crippen molar-refractivity contribution in [3.8, 4) is 0 Å². The van der Waals surface area contributed by atoms with Gasteiger partial charge in [0.05, 0.1) is 11.3 Å². The number of para-hydroxylation sites is 1. The van der Waals surface area contributed by atoms with Crippen LogP contribution in [-0.2, 0) is 17.4 Å². The summed E-state index contributed by atoms with van der Waals surface area (Å²) in [6, 6.07) is 12.5. The average Bonchev–Trinajstić information content (AvgIpc) is 3.22. The maximum atomic E-state index is 13.1. The van der Waals surface area contributed by atoms with Crippen LogP contribution in [0.2, 0.25) is 0 Å². The van der Waals surface area contributed by atoms with E-state index in [1.165, 1.54) is 6.07 Å². The number of amides is 2. The largest absolute Gasteiger partial charge is 0.416 e. The molecule has 0 aliphatic carbocycles. The zero-order valence-electron chi connectivity index (χ0n) is 14.5. The fourth-order valence-corrected chi connectivity index (χ4v) is 5.14. The van der Waals surface area contributed by atoms with Gasteiger partial charge in [0.1, 0.15) is 0 Å². The molecule has 1 aliphatic heterocycles. The Bertz CT molecular complexity index is 1130. The first-order chi connectivity index (χ1) is 13.3. The molecule has 1 saturated heterocycles. The minimum absolute atomic E-state index is 0.0205. The molecule has 1 atom stereocenters. The van der Waals surface area contributed by atoms with Crippen LogP contribution in [-0.4, -0.2) is 26.7 Å². The van der Waals surface area contributed by atoms with Gasteiger partial charge in [-0.1, -0.05) is 46.9 Å². The van der Waals surface area contributed by atoms with Crippen molar-refractivity contribution in [1.29, 1.82) is 0 Å². The van der Waals surface area contributed by atoms with Crippen LogP contribution >= 0.6 is 10.5 Å². The molecular formula is C20H15F3N2O2S. The van der Waals surface area contributed by atoms with Gasteiger partial charge in [-0.05, 0) is 22.6 Å². The van der Waals surface area contributed by atoms with E-state index in [4.69, 9.17) is 0 Å². The number of H-pyrrole nitrogens is 1. The predicted octanol–water partition coefficient (Wildman–Crippen LogP) is 4.47. The normalized spacial score (nSPS) is 17.8. The maximum Gasteiger partial charge on any atom is 0.416 e. The van der Waals surface area contributed by atoms with Gasteiger partial charge < -0.3 is 4.98 Å². The number of alkyl halides is 3. The monoisotopic (exact) mass is 404 g/mol. The average molecular weight is 404 g/mol. The van der Waals surface area contributed by atoms with Crippen LogP contribution in [0.3, 0.4) is 0 Å². The number of aromatic amines is 1. The Morgan fingerprint density at radius 3 is 2.57 bits per heavy atom. The van der Waals surface area contributed by atoms with Crippen LogP contribution < -0.4 is 5.32 Å². The van der Waals surface area contributed by atoms with E-state index in [-0.39, 0.29) is 18.1 Å². The first kappa shape index (κ1) is 18.5. The van der Waals surface area contributed by atoms with Crippen molar-refractivity contribution in [2.45, 2.75) is 12.6 Å². The molecule has 28 heavy (non-hydrogen) atoms. The molecule has 8 heteroatoms. The van der Waals surface area contributed by atoms with Crippen LogP contribution in [0.1, 0.15) is 16.7 Å². The maximum absolute atomic E-state index is 13.1. The molecule has 0 bridgehead atoms. The second-order valence-corrected chi connectivity index (χ2v) is 8.35. The van der Waals surface area contributed by atoms with E-state index in [1.54, 1.807) is 12.3 Å². The molecule has 2 aromatic carbocycles. The molecular weight excluding hydrogens is 389 g/mol. The Labute approximate surface area is 160 Å². The van der Waals surface area contributed by atoms with Crippen molar-refractivity contribution in [3.63, 3.8) is 0 Å². The Hall–Kier alpha value is -2.87. The van der Waals surface area contributed by atoms with Crippen molar-refractivity contribution >= 4 is 37.4 Å². The van der Waals surface area contributed by atoms with Crippen molar-refractivity contribution < 1.29 is 22.8 Å². The van der Waals surface area contributed by atoms with Gasteiger partial charge in [-0.25, -0.2) is 0 Å². The lowest BCUT2D eigenvalue weighted by molar-refractivity contribution is -0.137. The molecule has 2 amide bonds. The fraction of sp³-hybridized carbons (Fsp3) is 0.150. The van der Waals surface area contributed by atoms with E-state index in [2.05, 4.69) is 10.3 Å². The molecule has 2 heterocycles. The summed E-state index contributed by atoms with van der Waals surface area (Å²) in [6.45, 7) is 0. The molecule has 0 spiro atoms. The number of carbonyl (C=O) groups excluding carboxylic acids is 2. The van der Waals surface area contributed by atoms with E-state index >= 15 is 0 Å². The Balaban J connectivity index is 1.85. The topological polar surface area (TPSA) is 62.0 Å². The highest BCUT2D eigenvalue weighted by Crippen LogP contribution is 2.33. The zero-order valence-corrected chi connectivity index (χ0v) is 15.3. The summed E-state index contributed by atoms with van der Waals surface area (Å²) in [5, 5.41) is 2.78. The SMILES string of the molecule is O=C1CS(=C(Cc2cccc(C(F)(F)F)c2)c2c[nH]c3ccccc23)C(=O)N1. The minimum atomic E-state index is -4.44. The summed E-state index contributed by atoms with van der Waals surface area (Å²) in [4.78, 5) is 27.9. The minimum Gasteiger partial charge on any atom is -0.361 e. The molecule has 4 nitrogen and oxygen atoms in total. The predicted molar refractivity (Wildman–Crippen MR) is 104 cm³/mol. The third kappa shape index (κ3) is 3.47. The third-order valence-corrected chi connectivity index (χ3v) is 6.61. The van der Waals surface area contributed by atoms with Gasteiger partial charge in [-0.2, -0.15) is 13.2 Å². The summed E-state index contributed by atoms with van der Waals surface area (Å²) in [5.74, 6) is -0.346. The van der Waals surface area contributed by atoms with Crippen LogP contribution in [0.15, 0.2) is 54.7 Å². The first-order valence-corrected chi connectivity index (χ1v) is 9.85. The fourth-order valence-electron chi connectivity index (χ4n) is 3.27. The number of imide groups is 1. The van der Waals surface area contributed by atoms with Crippen LogP contribution in [0.25, 0.3) is 10.9 Å². The van der Waals surface area contributed by atoms with Crippen LogP contribution in [0, 0.1) is 0 Å². The number of benzene rings is 2. The molecule has 0 saturated carbocycles. The lowest BCUT2D eigenvalue weighted by Crippen LogP contribution is -2.18. The third-order valence-electron chi connectivity index (χ3n) is 4.55. The van der Waals surface area contributed by atoms with Gasteiger partial charge in [-0.3, -0.25) is 14.9 Å². The first-order valence-electron chi connectivity index (χ1n) is 8.46. The van der Waals surface area contributed by atoms with Gasteiger partial charge in [0.25, 0.3) is 5.24 Å². The highest BCUT2D eigenvalue weighted by molar-refractivity contribution is 8.29. The van der Waals surface area contributed by atoms with Gasteiger partial charge >= 0.3 is 6.18 Å². The van der Waals surface area contributed by atoms with E-state index in [1.807, 2.05) is 24.3 Å². The van der Waals surface area contributed by atoms with Crippen LogP contribution in [0.4, 0.5) is 18.0 Å². The molecule has 1 fully saturated rings. The second kappa shape index (κ2) is 6.94. The summed E-state index contributed by atoms with van der Waals surface area (Å²) in [7, 11) is -1.04. The number of aromatic nitrogens is 1. The quantitative estimate of drug-likeness (QED) is 0.500. The second-order valence-electron chi connectivity index (χ2n) is 6.42. The Morgan fingerprint density at radius 2 is 1.86 bits per heavy atom. The van der Waals surface area contributed by atoms with Crippen molar-refractivity contribution in [3.05, 3.63) is 71.4 Å². The molecule has 0 radical (unpaired) electrons. The van der Waals surface area contributed by atoms with Crippen molar-refractivity contribution in [1.82, 2.24) is 10.3 Å². The molecule has 1 unspecified atom stereocenters. The van der Waals surface area contributed by atoms with E-state index in [0.717, 1.165) is 28.6 Å². The molecule has 144 valence electrons. The van der Waals surface area contributed by atoms with Gasteiger partial charge in [0.15, 0.2) is 0 Å². The number of fused-ring (bicyclic) bond motifs is 1. The van der Waals surface area contributed by atoms with Gasteiger partial charge in [-0.15, -0.1) is 0 Å². The summed E-state index contributed by atoms with van der Waals surface area (Å²) in [5.41, 5.74) is 1.31. The van der Waals surface area contributed by atoms with E-state index in [9.17, 15) is 22.8 Å². The number of rotatable bonds is 3. The molecule has 1 aliphatic rings. The highest BCUT2D eigenvalue weighted by Gasteiger charge is 2.31. The molecule has 3 aromatic rings. The molecule has 1 aromatic heterocycles. The standard InChI is InChI=1S/C20H15F3N2O2S/c21-20(22,23)13-5-3-4-12(8-13)9-17(28-11-18(26)25-19(28)27)15-10-24-16-7-2-1-6-14(15)16/h1-8,10,24H,9,11H2,(H,25,26,27). The van der Waals surface area contributed by atoms with Crippen LogP contribution in [0.5, 0.6) is 0 Å². The number of carbonyl (C=O) groups is 2. The van der Waals surface area contributed by atoms with Gasteiger partial charge in [0, 0.05) is 29.1 Å². The smallest absolute Gasteiger partial charge is 0.361 e. The van der Waals surface area contributed by atoms with Crippen molar-refractivity contribution in [2.24, 2.45) is 0 Å². The summed E-state index contributed by atoms with van der Waals surface area (Å²) >= 11 is 0. The number of nitrogens with one attached hydrogen (secondary N) is 2. The summed E-state index contributed by atoms with van der Waals surface area (Å²) in [6.07, 6.45) is -2.55. The Kier molecular flexibility index (Phi) is 4.58. The lowest BCUT2D eigenvalue weighted by Gasteiger charge is -2.13. The number of hydrogen-bond donors (Lipinski definition) is 2. The zero-order chi connectivity index (χ0) is 19.9. The van der Waals surface area contributed by atoms with Gasteiger partial charge in [0.2, 0.25) is 5.91 Å². The molecule has 4 rings (SSSR count). The Morgan fingerprint density at radius 1 is 1.07 bits per heavy atom. The highest BCUT2D eigenvalue weighted by atomic mass is 32.2. The van der Waals surface area contributed by atoms with E-state index in [0.29, 0.717) is 10.4 Å². The molecule has 2 N–H and O–H groups in total. The number of hydrogen-bond acceptors (Lipinski definition) is 2. The summed E-state index contributed by atoms with van der Waals surface area (Å²) < 4.78 is 39.2. The van der Waals surface area contributed by atoms with E-state index < -0.39 is 27.5 Å². The lowest BCUT2D eigenvalue weighted by atomic mass is 10.0. The number of halogens is 3. The van der Waals surface area contributed by atoms with Crippen molar-refractivity contribution in [2.75, 3.05) is 5.75 Å².